The summed E-state index contributed by atoms with van der Waals surface area (Å²) >= 11 is 0. The van der Waals surface area contributed by atoms with Gasteiger partial charge in [0.15, 0.2) is 17.3 Å². The molecule has 0 aliphatic heterocycles. The summed E-state index contributed by atoms with van der Waals surface area (Å²) in [6.45, 7) is 0. The van der Waals surface area contributed by atoms with Crippen molar-refractivity contribution in [2.75, 3.05) is 0 Å². The van der Waals surface area contributed by atoms with E-state index < -0.39 is 23.3 Å². The highest BCUT2D eigenvalue weighted by Gasteiger charge is 2.36. The Hall–Kier alpha value is -2.30. The van der Waals surface area contributed by atoms with Crippen LogP contribution >= 0.6 is 0 Å². The number of hydrogen-bond donors (Lipinski definition) is 1. The molecule has 1 fully saturated rings. The zero-order valence-electron chi connectivity index (χ0n) is 10.8. The highest BCUT2D eigenvalue weighted by Crippen LogP contribution is 2.22. The number of allylic oxidation sites excluding steroid dienone is 6. The lowest BCUT2D eigenvalue weighted by atomic mass is 9.84. The second-order valence-electron chi connectivity index (χ2n) is 4.89. The van der Waals surface area contributed by atoms with Gasteiger partial charge in [0.05, 0.1) is 12.8 Å². The molecule has 0 bridgehead atoms. The fourth-order valence-electron chi connectivity index (χ4n) is 2.23. The van der Waals surface area contributed by atoms with E-state index in [4.69, 9.17) is 0 Å². The number of aliphatic hydroxyl groups is 1. The zero-order chi connectivity index (χ0) is 14.7. The monoisotopic (exact) mass is 274 g/mol. The average Bonchev–Trinajstić information content (AvgIpc) is 2.37. The van der Waals surface area contributed by atoms with Crippen molar-refractivity contribution in [3.05, 3.63) is 35.6 Å². The first-order valence-corrected chi connectivity index (χ1v) is 6.35. The molecule has 2 rings (SSSR count). The van der Waals surface area contributed by atoms with Crippen LogP contribution in [0.25, 0.3) is 0 Å². The maximum Gasteiger partial charge on any atom is 0.158 e. The van der Waals surface area contributed by atoms with Crippen LogP contribution in [0, 0.1) is 5.92 Å². The molecule has 5 heteroatoms. The van der Waals surface area contributed by atoms with E-state index in [0.717, 1.165) is 5.57 Å². The molecule has 0 aromatic rings. The Morgan fingerprint density at radius 1 is 1.05 bits per heavy atom. The molecule has 0 heterocycles. The zero-order valence-corrected chi connectivity index (χ0v) is 10.8. The van der Waals surface area contributed by atoms with E-state index in [1.807, 2.05) is 0 Å². The molecule has 0 aromatic heterocycles. The van der Waals surface area contributed by atoms with Gasteiger partial charge in [0.1, 0.15) is 17.5 Å². The van der Waals surface area contributed by atoms with Crippen LogP contribution in [0.1, 0.15) is 25.7 Å². The minimum Gasteiger partial charge on any atom is -0.511 e. The topological polar surface area (TPSA) is 88.5 Å². The lowest BCUT2D eigenvalue weighted by Gasteiger charge is -2.17. The second-order valence-corrected chi connectivity index (χ2v) is 4.89. The molecule has 1 saturated carbocycles. The number of rotatable bonds is 2. The van der Waals surface area contributed by atoms with Gasteiger partial charge in [0.2, 0.25) is 0 Å². The third-order valence-electron chi connectivity index (χ3n) is 3.29. The molecule has 0 radical (unpaired) electrons. The van der Waals surface area contributed by atoms with Gasteiger partial charge in [-0.1, -0.05) is 12.2 Å². The number of Topliss-reactive ketones (excluding diaryl/α,β-unsaturated/α-hetero) is 3. The summed E-state index contributed by atoms with van der Waals surface area (Å²) in [4.78, 5) is 45.4. The first kappa shape index (κ1) is 14.1. The molecule has 2 aliphatic carbocycles. The fraction of sp³-hybridized carbons (Fsp3) is 0.333. The van der Waals surface area contributed by atoms with Crippen molar-refractivity contribution >= 4 is 23.1 Å². The van der Waals surface area contributed by atoms with E-state index >= 15 is 0 Å². The van der Waals surface area contributed by atoms with Gasteiger partial charge in [-0.3, -0.25) is 19.2 Å². The smallest absolute Gasteiger partial charge is 0.158 e. The number of ketones is 4. The molecule has 0 aromatic carbocycles. The highest BCUT2D eigenvalue weighted by atomic mass is 16.3. The van der Waals surface area contributed by atoms with Gasteiger partial charge in [-0.05, 0) is 24.1 Å². The Labute approximate surface area is 115 Å². The Kier molecular flexibility index (Phi) is 4.08. The predicted octanol–water partition coefficient (Wildman–Crippen LogP) is 1.39. The van der Waals surface area contributed by atoms with Crippen molar-refractivity contribution in [3.63, 3.8) is 0 Å². The number of aliphatic hydroxyl groups excluding tert-OH is 1. The summed E-state index contributed by atoms with van der Waals surface area (Å²) in [7, 11) is 0. The summed E-state index contributed by atoms with van der Waals surface area (Å²) in [5.41, 5.74) is 0.836. The van der Waals surface area contributed by atoms with Crippen LogP contribution in [0.15, 0.2) is 35.6 Å². The Bertz CT molecular complexity index is 557. The van der Waals surface area contributed by atoms with Crippen LogP contribution < -0.4 is 0 Å². The van der Waals surface area contributed by atoms with Crippen molar-refractivity contribution < 1.29 is 24.3 Å². The molecule has 0 amide bonds. The molecular weight excluding hydrogens is 260 g/mol. The predicted molar refractivity (Wildman–Crippen MR) is 69.9 cm³/mol. The number of hydrogen-bond acceptors (Lipinski definition) is 5. The van der Waals surface area contributed by atoms with Gasteiger partial charge in [0, 0.05) is 6.42 Å². The van der Waals surface area contributed by atoms with Gasteiger partial charge in [-0.25, -0.2) is 0 Å². The first-order chi connectivity index (χ1) is 9.47. The second kappa shape index (κ2) is 5.77. The van der Waals surface area contributed by atoms with Crippen LogP contribution in [-0.2, 0) is 19.2 Å². The van der Waals surface area contributed by atoms with Crippen molar-refractivity contribution in [1.82, 2.24) is 0 Å². The van der Waals surface area contributed by atoms with Crippen molar-refractivity contribution in [1.29, 1.82) is 0 Å². The quantitative estimate of drug-likeness (QED) is 0.607. The average molecular weight is 274 g/mol. The van der Waals surface area contributed by atoms with Crippen LogP contribution in [0.4, 0.5) is 0 Å². The number of carbonyl (C=O) groups excluding carboxylic acids is 4. The van der Waals surface area contributed by atoms with E-state index in [1.165, 1.54) is 12.2 Å². The van der Waals surface area contributed by atoms with Gasteiger partial charge in [-0.2, -0.15) is 0 Å². The summed E-state index contributed by atoms with van der Waals surface area (Å²) in [5, 5.41) is 9.86. The minimum atomic E-state index is -1.22. The summed E-state index contributed by atoms with van der Waals surface area (Å²) in [5.74, 6) is -3.05. The lowest BCUT2D eigenvalue weighted by Crippen LogP contribution is -2.34. The Morgan fingerprint density at radius 3 is 2.25 bits per heavy atom. The standard InChI is InChI=1S/C15H14O5/c16-10-4-1-9(2-5-10)3-6-12(18)15-13(19)7-11(17)8-14(15)20/h1,3-4,6,15,18H,2,5,7-8H2. The van der Waals surface area contributed by atoms with E-state index in [9.17, 15) is 24.3 Å². The van der Waals surface area contributed by atoms with Crippen molar-refractivity contribution in [2.24, 2.45) is 5.92 Å². The SMILES string of the molecule is O=C1C=CC(=CC=C(O)C2C(=O)CC(=O)CC2=O)CC1. The first-order valence-electron chi connectivity index (χ1n) is 6.35. The van der Waals surface area contributed by atoms with Crippen molar-refractivity contribution in [2.45, 2.75) is 25.7 Å². The van der Waals surface area contributed by atoms with Gasteiger partial charge >= 0.3 is 0 Å². The number of carbonyl (C=O) groups is 4. The van der Waals surface area contributed by atoms with Gasteiger partial charge in [0.25, 0.3) is 0 Å². The molecule has 20 heavy (non-hydrogen) atoms. The molecule has 5 nitrogen and oxygen atoms in total. The third kappa shape index (κ3) is 3.17. The summed E-state index contributed by atoms with van der Waals surface area (Å²) in [6, 6.07) is 0. The van der Waals surface area contributed by atoms with Crippen molar-refractivity contribution in [3.8, 4) is 0 Å². The Balaban J connectivity index is 2.14. The molecule has 0 unspecified atom stereocenters. The molecule has 1 N–H and O–H groups in total. The van der Waals surface area contributed by atoms with E-state index in [2.05, 4.69) is 0 Å². The van der Waals surface area contributed by atoms with E-state index in [-0.39, 0.29) is 24.4 Å². The summed E-state index contributed by atoms with van der Waals surface area (Å²) < 4.78 is 0. The fourth-order valence-corrected chi connectivity index (χ4v) is 2.23. The molecule has 0 spiro atoms. The van der Waals surface area contributed by atoms with Gasteiger partial charge in [-0.15, -0.1) is 0 Å². The van der Waals surface area contributed by atoms with Gasteiger partial charge < -0.3 is 5.11 Å². The summed E-state index contributed by atoms with van der Waals surface area (Å²) in [6.07, 6.45) is 6.33. The van der Waals surface area contributed by atoms with Crippen LogP contribution in [0.3, 0.4) is 0 Å². The molecule has 2 aliphatic rings. The lowest BCUT2D eigenvalue weighted by molar-refractivity contribution is -0.140. The molecule has 0 atom stereocenters. The van der Waals surface area contributed by atoms with E-state index in [1.54, 1.807) is 12.2 Å². The Morgan fingerprint density at radius 2 is 1.70 bits per heavy atom. The maximum absolute atomic E-state index is 11.6. The molecular formula is C15H14O5. The van der Waals surface area contributed by atoms with Crippen LogP contribution in [0.2, 0.25) is 0 Å². The maximum atomic E-state index is 11.6. The third-order valence-corrected chi connectivity index (χ3v) is 3.29. The molecule has 0 saturated heterocycles. The van der Waals surface area contributed by atoms with E-state index in [0.29, 0.717) is 12.8 Å². The highest BCUT2D eigenvalue weighted by molar-refractivity contribution is 6.21. The van der Waals surface area contributed by atoms with Crippen LogP contribution in [0.5, 0.6) is 0 Å². The minimum absolute atomic E-state index is 0.0477. The largest absolute Gasteiger partial charge is 0.511 e. The molecule has 104 valence electrons. The van der Waals surface area contributed by atoms with Crippen LogP contribution in [-0.4, -0.2) is 28.2 Å². The normalized spacial score (nSPS) is 23.8.